The quantitative estimate of drug-likeness (QED) is 0.540. The highest BCUT2D eigenvalue weighted by molar-refractivity contribution is 5.95. The number of anilines is 2. The molecule has 0 bridgehead atoms. The Bertz CT molecular complexity index is 772. The fourth-order valence-electron chi connectivity index (χ4n) is 2.33. The van der Waals surface area contributed by atoms with Crippen molar-refractivity contribution >= 4 is 23.2 Å². The number of rotatable bonds is 7. The molecule has 0 fully saturated rings. The maximum Gasteiger partial charge on any atom is 0.471 e. The first-order chi connectivity index (χ1) is 12.7. The number of hydrogen-bond acceptors (Lipinski definition) is 2. The first kappa shape index (κ1) is 20.4. The molecule has 0 aromatic heterocycles. The van der Waals surface area contributed by atoms with Gasteiger partial charge in [-0.1, -0.05) is 12.1 Å². The van der Waals surface area contributed by atoms with Gasteiger partial charge < -0.3 is 10.6 Å². The second kappa shape index (κ2) is 9.16. The van der Waals surface area contributed by atoms with Gasteiger partial charge in [0.15, 0.2) is 0 Å². The second-order valence-electron chi connectivity index (χ2n) is 5.91. The standard InChI is InChI=1S/C19H18F4N2O2/c20-14-7-5-13(6-8-14)3-1-2-4-17(26)24-15-9-11-16(12-10-15)25-18(27)19(21,22)23/h5-12H,1-4H2,(H,24,26)(H,25,27). The van der Waals surface area contributed by atoms with Crippen LogP contribution in [0.5, 0.6) is 0 Å². The molecule has 144 valence electrons. The van der Waals surface area contributed by atoms with Crippen molar-refractivity contribution in [2.24, 2.45) is 0 Å². The van der Waals surface area contributed by atoms with Crippen LogP contribution < -0.4 is 10.6 Å². The normalized spacial score (nSPS) is 11.1. The predicted molar refractivity (Wildman–Crippen MR) is 93.7 cm³/mol. The van der Waals surface area contributed by atoms with Gasteiger partial charge in [-0.15, -0.1) is 0 Å². The number of carbonyl (C=O) groups excluding carboxylic acids is 2. The summed E-state index contributed by atoms with van der Waals surface area (Å²) in [6.07, 6.45) is -2.53. The highest BCUT2D eigenvalue weighted by Crippen LogP contribution is 2.20. The predicted octanol–water partition coefficient (Wildman–Crippen LogP) is 4.68. The van der Waals surface area contributed by atoms with Crippen molar-refractivity contribution in [3.8, 4) is 0 Å². The number of nitrogens with one attached hydrogen (secondary N) is 2. The van der Waals surface area contributed by atoms with E-state index in [1.807, 2.05) is 0 Å². The molecular weight excluding hydrogens is 364 g/mol. The maximum absolute atomic E-state index is 12.8. The Balaban J connectivity index is 1.72. The molecule has 27 heavy (non-hydrogen) atoms. The van der Waals surface area contributed by atoms with E-state index in [4.69, 9.17) is 0 Å². The molecule has 2 N–H and O–H groups in total. The van der Waals surface area contributed by atoms with Gasteiger partial charge in [-0.2, -0.15) is 13.2 Å². The molecule has 0 atom stereocenters. The average molecular weight is 382 g/mol. The Morgan fingerprint density at radius 1 is 0.815 bits per heavy atom. The molecule has 0 saturated heterocycles. The van der Waals surface area contributed by atoms with Crippen molar-refractivity contribution in [1.82, 2.24) is 0 Å². The molecule has 0 spiro atoms. The SMILES string of the molecule is O=C(CCCCc1ccc(F)cc1)Nc1ccc(NC(=O)C(F)(F)F)cc1. The van der Waals surface area contributed by atoms with E-state index in [9.17, 15) is 27.2 Å². The summed E-state index contributed by atoms with van der Waals surface area (Å²) < 4.78 is 49.3. The molecule has 0 aliphatic rings. The summed E-state index contributed by atoms with van der Waals surface area (Å²) >= 11 is 0. The molecule has 4 nitrogen and oxygen atoms in total. The van der Waals surface area contributed by atoms with Crippen molar-refractivity contribution in [2.75, 3.05) is 10.6 Å². The lowest BCUT2D eigenvalue weighted by Crippen LogP contribution is -2.29. The smallest absolute Gasteiger partial charge is 0.326 e. The minimum atomic E-state index is -4.96. The van der Waals surface area contributed by atoms with Crippen molar-refractivity contribution in [2.45, 2.75) is 31.9 Å². The number of hydrogen-bond donors (Lipinski definition) is 2. The van der Waals surface area contributed by atoms with Gasteiger partial charge in [-0.25, -0.2) is 4.39 Å². The lowest BCUT2D eigenvalue weighted by molar-refractivity contribution is -0.167. The van der Waals surface area contributed by atoms with Crippen LogP contribution in [0.4, 0.5) is 28.9 Å². The monoisotopic (exact) mass is 382 g/mol. The summed E-state index contributed by atoms with van der Waals surface area (Å²) in [5.74, 6) is -2.57. The van der Waals surface area contributed by atoms with E-state index in [2.05, 4.69) is 5.32 Å². The zero-order valence-electron chi connectivity index (χ0n) is 14.3. The molecule has 2 amide bonds. The Labute approximate surface area is 153 Å². The zero-order chi connectivity index (χ0) is 19.9. The van der Waals surface area contributed by atoms with Gasteiger partial charge in [-0.3, -0.25) is 9.59 Å². The minimum Gasteiger partial charge on any atom is -0.326 e. The summed E-state index contributed by atoms with van der Waals surface area (Å²) in [5, 5.41) is 4.36. The van der Waals surface area contributed by atoms with Gasteiger partial charge >= 0.3 is 12.1 Å². The summed E-state index contributed by atoms with van der Waals surface area (Å²) in [4.78, 5) is 22.7. The lowest BCUT2D eigenvalue weighted by Gasteiger charge is -2.09. The van der Waals surface area contributed by atoms with Crippen molar-refractivity contribution < 1.29 is 27.2 Å². The van der Waals surface area contributed by atoms with Crippen LogP contribution in [0.2, 0.25) is 0 Å². The van der Waals surface area contributed by atoms with E-state index < -0.39 is 12.1 Å². The third-order valence-electron chi connectivity index (χ3n) is 3.72. The largest absolute Gasteiger partial charge is 0.471 e. The first-order valence-electron chi connectivity index (χ1n) is 8.26. The summed E-state index contributed by atoms with van der Waals surface area (Å²) in [6.45, 7) is 0. The van der Waals surface area contributed by atoms with Crippen LogP contribution in [0.15, 0.2) is 48.5 Å². The summed E-state index contributed by atoms with van der Waals surface area (Å²) in [6, 6.07) is 11.5. The molecule has 0 radical (unpaired) electrons. The number of unbranched alkanes of at least 4 members (excludes halogenated alkanes) is 1. The van der Waals surface area contributed by atoms with Crippen molar-refractivity contribution in [3.63, 3.8) is 0 Å². The van der Waals surface area contributed by atoms with Crippen molar-refractivity contribution in [3.05, 3.63) is 59.9 Å². The topological polar surface area (TPSA) is 58.2 Å². The fraction of sp³-hybridized carbons (Fsp3) is 0.263. The Hall–Kier alpha value is -2.90. The van der Waals surface area contributed by atoms with Crippen LogP contribution in [0.3, 0.4) is 0 Å². The number of amides is 2. The molecule has 8 heteroatoms. The third kappa shape index (κ3) is 7.08. The Morgan fingerprint density at radius 3 is 1.93 bits per heavy atom. The van der Waals surface area contributed by atoms with Gasteiger partial charge in [0.25, 0.3) is 0 Å². The highest BCUT2D eigenvalue weighted by atomic mass is 19.4. The van der Waals surface area contributed by atoms with Gasteiger partial charge in [0.1, 0.15) is 5.82 Å². The van der Waals surface area contributed by atoms with Crippen LogP contribution >= 0.6 is 0 Å². The van der Waals surface area contributed by atoms with Crippen LogP contribution in [-0.2, 0) is 16.0 Å². The first-order valence-corrected chi connectivity index (χ1v) is 8.26. The lowest BCUT2D eigenvalue weighted by atomic mass is 10.1. The zero-order valence-corrected chi connectivity index (χ0v) is 14.3. The van der Waals surface area contributed by atoms with Gasteiger partial charge in [-0.05, 0) is 61.2 Å². The van der Waals surface area contributed by atoms with E-state index in [0.29, 0.717) is 12.1 Å². The third-order valence-corrected chi connectivity index (χ3v) is 3.72. The Morgan fingerprint density at radius 2 is 1.37 bits per heavy atom. The van der Waals surface area contributed by atoms with E-state index in [-0.39, 0.29) is 23.8 Å². The molecular formula is C19H18F4N2O2. The van der Waals surface area contributed by atoms with Gasteiger partial charge in [0, 0.05) is 17.8 Å². The fourth-order valence-corrected chi connectivity index (χ4v) is 2.33. The minimum absolute atomic E-state index is 0.0189. The molecule has 0 unspecified atom stereocenters. The van der Waals surface area contributed by atoms with Crippen molar-refractivity contribution in [1.29, 1.82) is 0 Å². The molecule has 0 aliphatic carbocycles. The molecule has 2 rings (SSSR count). The molecule has 0 aliphatic heterocycles. The van der Waals surface area contributed by atoms with E-state index in [0.717, 1.165) is 18.4 Å². The number of alkyl halides is 3. The second-order valence-corrected chi connectivity index (χ2v) is 5.91. The highest BCUT2D eigenvalue weighted by Gasteiger charge is 2.38. The molecule has 2 aromatic carbocycles. The Kier molecular flexibility index (Phi) is 6.92. The van der Waals surface area contributed by atoms with Crippen LogP contribution in [0, 0.1) is 5.82 Å². The summed E-state index contributed by atoms with van der Waals surface area (Å²) in [7, 11) is 0. The number of halogens is 4. The summed E-state index contributed by atoms with van der Waals surface area (Å²) in [5.41, 5.74) is 1.39. The van der Waals surface area contributed by atoms with Crippen LogP contribution in [-0.4, -0.2) is 18.0 Å². The molecule has 0 saturated carbocycles. The van der Waals surface area contributed by atoms with E-state index in [1.54, 1.807) is 17.4 Å². The van der Waals surface area contributed by atoms with Crippen LogP contribution in [0.25, 0.3) is 0 Å². The van der Waals surface area contributed by atoms with E-state index in [1.165, 1.54) is 36.4 Å². The molecule has 2 aromatic rings. The van der Waals surface area contributed by atoms with Gasteiger partial charge in [0.05, 0.1) is 0 Å². The average Bonchev–Trinajstić information content (AvgIpc) is 2.61. The van der Waals surface area contributed by atoms with Gasteiger partial charge in [0.2, 0.25) is 5.91 Å². The van der Waals surface area contributed by atoms with Crippen LogP contribution in [0.1, 0.15) is 24.8 Å². The van der Waals surface area contributed by atoms with E-state index >= 15 is 0 Å². The number of benzene rings is 2. The molecule has 0 heterocycles. The maximum atomic E-state index is 12.8. The number of carbonyl (C=O) groups is 2. The number of aryl methyl sites for hydroxylation is 1.